The van der Waals surface area contributed by atoms with E-state index < -0.39 is 10.0 Å². The Hall–Kier alpha value is -3.14. The van der Waals surface area contributed by atoms with Gasteiger partial charge in [0.05, 0.1) is 24.4 Å². The summed E-state index contributed by atoms with van der Waals surface area (Å²) in [4.78, 5) is 17.2. The van der Waals surface area contributed by atoms with Gasteiger partial charge >= 0.3 is 0 Å². The summed E-state index contributed by atoms with van der Waals surface area (Å²) in [5.74, 6) is 0.338. The topological polar surface area (TPSA) is 115 Å². The van der Waals surface area contributed by atoms with Crippen molar-refractivity contribution in [3.05, 3.63) is 40.6 Å². The van der Waals surface area contributed by atoms with Crippen LogP contribution in [0.4, 0.5) is 11.4 Å². The molecule has 0 aliphatic carbocycles. The molecule has 0 bridgehead atoms. The van der Waals surface area contributed by atoms with Crippen molar-refractivity contribution in [3.63, 3.8) is 0 Å². The van der Waals surface area contributed by atoms with Crippen LogP contribution in [0.15, 0.2) is 18.2 Å². The van der Waals surface area contributed by atoms with Gasteiger partial charge in [-0.1, -0.05) is 6.07 Å². The second kappa shape index (κ2) is 8.54. The van der Waals surface area contributed by atoms with E-state index in [1.807, 2.05) is 20.9 Å². The largest absolute Gasteiger partial charge is 0.479 e. The standard InChI is InChI=1S/C21H27N5O4S/c1-12-7-8-15(11-17(12)25-31(6,28)29)23-18(27)10-9-16-13(2)19-20(22-14(16)3)26(4)24-21(19)30-5/h7-8,11,25H,9-10H2,1-6H3,(H,23,27). The lowest BCUT2D eigenvalue weighted by molar-refractivity contribution is -0.116. The maximum atomic E-state index is 12.6. The van der Waals surface area contributed by atoms with Gasteiger partial charge in [0, 0.05) is 24.8 Å². The molecule has 0 atom stereocenters. The second-order valence-electron chi connectivity index (χ2n) is 7.58. The number of amides is 1. The van der Waals surface area contributed by atoms with Crippen molar-refractivity contribution in [3.8, 4) is 5.88 Å². The summed E-state index contributed by atoms with van der Waals surface area (Å²) < 4.78 is 32.6. The van der Waals surface area contributed by atoms with E-state index in [2.05, 4.69) is 20.1 Å². The van der Waals surface area contributed by atoms with Crippen LogP contribution in [0.5, 0.6) is 5.88 Å². The number of hydrogen-bond acceptors (Lipinski definition) is 6. The van der Waals surface area contributed by atoms with Crippen molar-refractivity contribution >= 4 is 38.3 Å². The van der Waals surface area contributed by atoms with Gasteiger partial charge in [0.1, 0.15) is 0 Å². The molecule has 0 unspecified atom stereocenters. The SMILES string of the molecule is COc1nn(C)c2nc(C)c(CCC(=O)Nc3ccc(C)c(NS(C)(=O)=O)c3)c(C)c12. The Morgan fingerprint density at radius 3 is 2.58 bits per heavy atom. The molecule has 0 saturated carbocycles. The van der Waals surface area contributed by atoms with Crippen LogP contribution in [0.25, 0.3) is 11.0 Å². The van der Waals surface area contributed by atoms with Gasteiger partial charge in [-0.3, -0.25) is 9.52 Å². The Labute approximate surface area is 181 Å². The highest BCUT2D eigenvalue weighted by Gasteiger charge is 2.18. The number of carbonyl (C=O) groups excluding carboxylic acids is 1. The molecule has 9 nitrogen and oxygen atoms in total. The monoisotopic (exact) mass is 445 g/mol. The molecular formula is C21H27N5O4S. The van der Waals surface area contributed by atoms with E-state index in [4.69, 9.17) is 4.74 Å². The zero-order valence-electron chi connectivity index (χ0n) is 18.5. The molecule has 2 N–H and O–H groups in total. The number of benzene rings is 1. The van der Waals surface area contributed by atoms with E-state index in [0.717, 1.165) is 39.7 Å². The molecule has 2 aromatic heterocycles. The van der Waals surface area contributed by atoms with Crippen LogP contribution in [0.2, 0.25) is 0 Å². The summed E-state index contributed by atoms with van der Waals surface area (Å²) in [6.07, 6.45) is 1.84. The maximum Gasteiger partial charge on any atom is 0.242 e. The summed E-state index contributed by atoms with van der Waals surface area (Å²) in [6, 6.07) is 5.11. The van der Waals surface area contributed by atoms with Crippen molar-refractivity contribution < 1.29 is 17.9 Å². The van der Waals surface area contributed by atoms with Crippen molar-refractivity contribution in [2.24, 2.45) is 7.05 Å². The fourth-order valence-corrected chi connectivity index (χ4v) is 4.20. The van der Waals surface area contributed by atoms with Crippen molar-refractivity contribution in [1.82, 2.24) is 14.8 Å². The van der Waals surface area contributed by atoms with Crippen LogP contribution < -0.4 is 14.8 Å². The van der Waals surface area contributed by atoms with E-state index in [1.54, 1.807) is 36.9 Å². The van der Waals surface area contributed by atoms with Gasteiger partial charge in [-0.15, -0.1) is 5.10 Å². The first-order chi connectivity index (χ1) is 14.5. The fraction of sp³-hybridized carbons (Fsp3) is 0.381. The molecule has 0 fully saturated rings. The summed E-state index contributed by atoms with van der Waals surface area (Å²) >= 11 is 0. The lowest BCUT2D eigenvalue weighted by atomic mass is 10.00. The summed E-state index contributed by atoms with van der Waals surface area (Å²) in [6.45, 7) is 5.69. The molecule has 1 aromatic carbocycles. The molecular weight excluding hydrogens is 418 g/mol. The van der Waals surface area contributed by atoms with E-state index in [-0.39, 0.29) is 12.3 Å². The first-order valence-corrected chi connectivity index (χ1v) is 11.6. The smallest absolute Gasteiger partial charge is 0.242 e. The van der Waals surface area contributed by atoms with Crippen LogP contribution in [-0.2, 0) is 28.3 Å². The molecule has 0 aliphatic heterocycles. The molecule has 166 valence electrons. The number of fused-ring (bicyclic) bond motifs is 1. The van der Waals surface area contributed by atoms with Gasteiger partial charge in [-0.2, -0.15) is 0 Å². The predicted molar refractivity (Wildman–Crippen MR) is 121 cm³/mol. The van der Waals surface area contributed by atoms with E-state index >= 15 is 0 Å². The third-order valence-electron chi connectivity index (χ3n) is 5.13. The minimum atomic E-state index is -3.41. The lowest BCUT2D eigenvalue weighted by Crippen LogP contribution is -2.15. The van der Waals surface area contributed by atoms with Gasteiger partial charge in [0.2, 0.25) is 21.8 Å². The molecule has 10 heteroatoms. The lowest BCUT2D eigenvalue weighted by Gasteiger charge is -2.13. The number of rotatable bonds is 7. The number of anilines is 2. The number of sulfonamides is 1. The average molecular weight is 446 g/mol. The van der Waals surface area contributed by atoms with Crippen LogP contribution in [0.3, 0.4) is 0 Å². The normalized spacial score (nSPS) is 11.5. The molecule has 0 aliphatic rings. The van der Waals surface area contributed by atoms with Gasteiger partial charge in [-0.25, -0.2) is 18.1 Å². The summed E-state index contributed by atoms with van der Waals surface area (Å²) in [7, 11) is -0.0196. The Kier molecular flexibility index (Phi) is 6.21. The van der Waals surface area contributed by atoms with Crippen molar-refractivity contribution in [1.29, 1.82) is 0 Å². The minimum Gasteiger partial charge on any atom is -0.479 e. The Morgan fingerprint density at radius 1 is 1.23 bits per heavy atom. The Balaban J connectivity index is 1.77. The third kappa shape index (κ3) is 4.96. The number of hydrogen-bond donors (Lipinski definition) is 2. The van der Waals surface area contributed by atoms with Crippen LogP contribution in [0.1, 0.15) is 28.8 Å². The first-order valence-electron chi connectivity index (χ1n) is 9.75. The number of pyridine rings is 1. The highest BCUT2D eigenvalue weighted by molar-refractivity contribution is 7.92. The van der Waals surface area contributed by atoms with Gasteiger partial charge in [-0.05, 0) is 56.0 Å². The van der Waals surface area contributed by atoms with Crippen LogP contribution in [-0.4, -0.2) is 42.5 Å². The molecule has 0 radical (unpaired) electrons. The van der Waals surface area contributed by atoms with Crippen molar-refractivity contribution in [2.75, 3.05) is 23.4 Å². The second-order valence-corrected chi connectivity index (χ2v) is 9.33. The van der Waals surface area contributed by atoms with Gasteiger partial charge in [0.25, 0.3) is 0 Å². The summed E-state index contributed by atoms with van der Waals surface area (Å²) in [5, 5.41) is 8.03. The number of aryl methyl sites for hydroxylation is 4. The molecule has 1 amide bonds. The average Bonchev–Trinajstić information content (AvgIpc) is 2.99. The van der Waals surface area contributed by atoms with E-state index in [9.17, 15) is 13.2 Å². The minimum absolute atomic E-state index is 0.175. The zero-order chi connectivity index (χ0) is 22.9. The summed E-state index contributed by atoms with van der Waals surface area (Å²) in [5.41, 5.74) is 5.29. The molecule has 31 heavy (non-hydrogen) atoms. The molecule has 3 rings (SSSR count). The quantitative estimate of drug-likeness (QED) is 0.578. The van der Waals surface area contributed by atoms with Gasteiger partial charge in [0.15, 0.2) is 5.65 Å². The Morgan fingerprint density at radius 2 is 1.94 bits per heavy atom. The number of methoxy groups -OCH3 is 1. The highest BCUT2D eigenvalue weighted by atomic mass is 32.2. The molecule has 0 spiro atoms. The fourth-order valence-electron chi connectivity index (χ4n) is 3.58. The van der Waals surface area contributed by atoms with Crippen LogP contribution in [0, 0.1) is 20.8 Å². The van der Waals surface area contributed by atoms with E-state index in [0.29, 0.717) is 23.7 Å². The molecule has 3 aromatic rings. The van der Waals surface area contributed by atoms with Crippen LogP contribution >= 0.6 is 0 Å². The number of nitrogens with one attached hydrogen (secondary N) is 2. The maximum absolute atomic E-state index is 12.6. The van der Waals surface area contributed by atoms with Crippen molar-refractivity contribution in [2.45, 2.75) is 33.6 Å². The number of ether oxygens (including phenoxy) is 1. The number of nitrogens with zero attached hydrogens (tertiary/aromatic N) is 3. The third-order valence-corrected chi connectivity index (χ3v) is 5.73. The number of carbonyl (C=O) groups is 1. The predicted octanol–water partition coefficient (Wildman–Crippen LogP) is 2.84. The van der Waals surface area contributed by atoms with Gasteiger partial charge < -0.3 is 10.1 Å². The molecule has 2 heterocycles. The zero-order valence-corrected chi connectivity index (χ0v) is 19.3. The molecule has 0 saturated heterocycles. The number of aromatic nitrogens is 3. The first kappa shape index (κ1) is 22.5. The highest BCUT2D eigenvalue weighted by Crippen LogP contribution is 2.30. The van der Waals surface area contributed by atoms with E-state index in [1.165, 1.54) is 0 Å². The Bertz CT molecular complexity index is 1260.